The molecule has 106 valence electrons. The van der Waals surface area contributed by atoms with Gasteiger partial charge in [0.05, 0.1) is 20.3 Å². The summed E-state index contributed by atoms with van der Waals surface area (Å²) in [4.78, 5) is 0. The van der Waals surface area contributed by atoms with Crippen LogP contribution in [0, 0.1) is 5.82 Å². The SMILES string of the molecule is COc1ccc(C(N)c2cc(Br)ccc2F)cc1OC. The molecule has 2 rings (SSSR count). The van der Waals surface area contributed by atoms with Crippen LogP contribution in [-0.4, -0.2) is 14.2 Å². The first-order valence-corrected chi connectivity index (χ1v) is 6.78. The normalized spacial score (nSPS) is 12.1. The van der Waals surface area contributed by atoms with Crippen molar-refractivity contribution in [3.8, 4) is 11.5 Å². The highest BCUT2D eigenvalue weighted by molar-refractivity contribution is 9.10. The number of halogens is 2. The van der Waals surface area contributed by atoms with Gasteiger partial charge in [-0.25, -0.2) is 4.39 Å². The van der Waals surface area contributed by atoms with Crippen LogP contribution in [0.1, 0.15) is 17.2 Å². The second-order valence-corrected chi connectivity index (χ2v) is 5.17. The molecule has 0 saturated carbocycles. The van der Waals surface area contributed by atoms with Crippen molar-refractivity contribution in [2.75, 3.05) is 14.2 Å². The van der Waals surface area contributed by atoms with E-state index in [1.807, 2.05) is 0 Å². The molecule has 1 atom stereocenters. The fourth-order valence-corrected chi connectivity index (χ4v) is 2.36. The molecule has 0 spiro atoms. The molecular formula is C15H15BrFNO2. The Morgan fingerprint density at radius 1 is 1.05 bits per heavy atom. The van der Waals surface area contributed by atoms with Gasteiger partial charge < -0.3 is 15.2 Å². The molecule has 0 radical (unpaired) electrons. The molecule has 0 aliphatic heterocycles. The van der Waals surface area contributed by atoms with E-state index in [9.17, 15) is 4.39 Å². The molecule has 0 amide bonds. The topological polar surface area (TPSA) is 44.5 Å². The zero-order valence-corrected chi connectivity index (χ0v) is 12.8. The standard InChI is InChI=1S/C15H15BrFNO2/c1-19-13-6-3-9(7-14(13)20-2)15(18)11-8-10(16)4-5-12(11)17/h3-8,15H,18H2,1-2H3. The Morgan fingerprint density at radius 3 is 2.40 bits per heavy atom. The van der Waals surface area contributed by atoms with Crippen LogP contribution in [0.5, 0.6) is 11.5 Å². The highest BCUT2D eigenvalue weighted by atomic mass is 79.9. The molecule has 0 aliphatic rings. The zero-order valence-electron chi connectivity index (χ0n) is 11.2. The Balaban J connectivity index is 2.42. The molecule has 2 aromatic carbocycles. The highest BCUT2D eigenvalue weighted by Crippen LogP contribution is 2.32. The van der Waals surface area contributed by atoms with Crippen molar-refractivity contribution >= 4 is 15.9 Å². The van der Waals surface area contributed by atoms with Crippen molar-refractivity contribution in [3.63, 3.8) is 0 Å². The van der Waals surface area contributed by atoms with Crippen molar-refractivity contribution in [1.82, 2.24) is 0 Å². The number of hydrogen-bond acceptors (Lipinski definition) is 3. The van der Waals surface area contributed by atoms with Gasteiger partial charge in [-0.3, -0.25) is 0 Å². The Bertz CT molecular complexity index is 619. The second kappa shape index (κ2) is 6.24. The summed E-state index contributed by atoms with van der Waals surface area (Å²) in [5.41, 5.74) is 7.32. The maximum atomic E-state index is 13.9. The van der Waals surface area contributed by atoms with Gasteiger partial charge >= 0.3 is 0 Å². The number of benzene rings is 2. The second-order valence-electron chi connectivity index (χ2n) is 4.26. The van der Waals surface area contributed by atoms with Gasteiger partial charge in [-0.05, 0) is 35.9 Å². The van der Waals surface area contributed by atoms with Gasteiger partial charge in [0, 0.05) is 10.0 Å². The molecule has 0 saturated heterocycles. The lowest BCUT2D eigenvalue weighted by Gasteiger charge is -2.16. The summed E-state index contributed by atoms with van der Waals surface area (Å²) < 4.78 is 25.1. The van der Waals surface area contributed by atoms with Crippen molar-refractivity contribution in [3.05, 3.63) is 57.8 Å². The van der Waals surface area contributed by atoms with Crippen LogP contribution in [0.2, 0.25) is 0 Å². The third kappa shape index (κ3) is 2.94. The number of nitrogens with two attached hydrogens (primary N) is 1. The first-order valence-electron chi connectivity index (χ1n) is 5.99. The lowest BCUT2D eigenvalue weighted by atomic mass is 9.99. The number of hydrogen-bond donors (Lipinski definition) is 1. The van der Waals surface area contributed by atoms with Gasteiger partial charge in [-0.15, -0.1) is 0 Å². The van der Waals surface area contributed by atoms with Gasteiger partial charge in [0.2, 0.25) is 0 Å². The minimum Gasteiger partial charge on any atom is -0.493 e. The number of methoxy groups -OCH3 is 2. The molecule has 5 heteroatoms. The molecule has 2 N–H and O–H groups in total. The monoisotopic (exact) mass is 339 g/mol. The van der Waals surface area contributed by atoms with Gasteiger partial charge in [-0.1, -0.05) is 22.0 Å². The average Bonchev–Trinajstić information content (AvgIpc) is 2.48. The van der Waals surface area contributed by atoms with Gasteiger partial charge in [0.1, 0.15) is 5.82 Å². The van der Waals surface area contributed by atoms with Crippen molar-refractivity contribution in [2.45, 2.75) is 6.04 Å². The molecule has 0 fully saturated rings. The van der Waals surface area contributed by atoms with Crippen LogP contribution >= 0.6 is 15.9 Å². The average molecular weight is 340 g/mol. The summed E-state index contributed by atoms with van der Waals surface area (Å²) in [6.45, 7) is 0. The van der Waals surface area contributed by atoms with E-state index < -0.39 is 6.04 Å². The summed E-state index contributed by atoms with van der Waals surface area (Å²) in [5.74, 6) is 0.838. The van der Waals surface area contributed by atoms with E-state index in [1.54, 1.807) is 44.6 Å². The molecule has 1 unspecified atom stereocenters. The van der Waals surface area contributed by atoms with Gasteiger partial charge in [0.25, 0.3) is 0 Å². The van der Waals surface area contributed by atoms with Crippen molar-refractivity contribution in [2.24, 2.45) is 5.73 Å². The highest BCUT2D eigenvalue weighted by Gasteiger charge is 2.16. The van der Waals surface area contributed by atoms with Gasteiger partial charge in [0.15, 0.2) is 11.5 Å². The van der Waals surface area contributed by atoms with E-state index >= 15 is 0 Å². The largest absolute Gasteiger partial charge is 0.493 e. The third-order valence-corrected chi connectivity index (χ3v) is 3.55. The predicted molar refractivity (Wildman–Crippen MR) is 79.7 cm³/mol. The van der Waals surface area contributed by atoms with E-state index in [2.05, 4.69) is 15.9 Å². The summed E-state index contributed by atoms with van der Waals surface area (Å²) in [6, 6.07) is 9.43. The summed E-state index contributed by atoms with van der Waals surface area (Å²) in [7, 11) is 3.11. The van der Waals surface area contributed by atoms with E-state index in [4.69, 9.17) is 15.2 Å². The quantitative estimate of drug-likeness (QED) is 0.924. The first kappa shape index (κ1) is 14.8. The molecule has 2 aromatic rings. The lowest BCUT2D eigenvalue weighted by Crippen LogP contribution is -2.14. The maximum absolute atomic E-state index is 13.9. The van der Waals surface area contributed by atoms with E-state index in [0.717, 1.165) is 10.0 Å². The first-order chi connectivity index (χ1) is 9.56. The van der Waals surface area contributed by atoms with Crippen LogP contribution in [0.3, 0.4) is 0 Å². The summed E-state index contributed by atoms with van der Waals surface area (Å²) in [6.07, 6.45) is 0. The number of ether oxygens (including phenoxy) is 2. The van der Waals surface area contributed by atoms with Crippen LogP contribution < -0.4 is 15.2 Å². The van der Waals surface area contributed by atoms with Crippen molar-refractivity contribution in [1.29, 1.82) is 0 Å². The lowest BCUT2D eigenvalue weighted by molar-refractivity contribution is 0.354. The number of rotatable bonds is 4. The minimum atomic E-state index is -0.577. The molecular weight excluding hydrogens is 325 g/mol. The van der Waals surface area contributed by atoms with Gasteiger partial charge in [-0.2, -0.15) is 0 Å². The predicted octanol–water partition coefficient (Wildman–Crippen LogP) is 3.65. The molecule has 0 aliphatic carbocycles. The van der Waals surface area contributed by atoms with Crippen molar-refractivity contribution < 1.29 is 13.9 Å². The Labute approximate surface area is 125 Å². The van der Waals surface area contributed by atoms with E-state index in [0.29, 0.717) is 17.1 Å². The van der Waals surface area contributed by atoms with Crippen LogP contribution in [0.25, 0.3) is 0 Å². The van der Waals surface area contributed by atoms with Crippen LogP contribution in [0.15, 0.2) is 40.9 Å². The fourth-order valence-electron chi connectivity index (χ4n) is 1.98. The Hall–Kier alpha value is -1.59. The van der Waals surface area contributed by atoms with Crippen LogP contribution in [0.4, 0.5) is 4.39 Å². The molecule has 0 aromatic heterocycles. The Kier molecular flexibility index (Phi) is 4.62. The van der Waals surface area contributed by atoms with Crippen LogP contribution in [-0.2, 0) is 0 Å². The Morgan fingerprint density at radius 2 is 1.75 bits per heavy atom. The summed E-state index contributed by atoms with van der Waals surface area (Å²) in [5, 5.41) is 0. The maximum Gasteiger partial charge on any atom is 0.161 e. The smallest absolute Gasteiger partial charge is 0.161 e. The summed E-state index contributed by atoms with van der Waals surface area (Å²) >= 11 is 3.32. The fraction of sp³-hybridized carbons (Fsp3) is 0.200. The molecule has 0 bridgehead atoms. The molecule has 3 nitrogen and oxygen atoms in total. The molecule has 20 heavy (non-hydrogen) atoms. The minimum absolute atomic E-state index is 0.338. The third-order valence-electron chi connectivity index (χ3n) is 3.06. The van der Waals surface area contributed by atoms with E-state index in [-0.39, 0.29) is 5.82 Å². The zero-order chi connectivity index (χ0) is 14.7. The van der Waals surface area contributed by atoms with E-state index in [1.165, 1.54) is 6.07 Å². The molecule has 0 heterocycles.